The predicted molar refractivity (Wildman–Crippen MR) is 92.7 cm³/mol. The lowest BCUT2D eigenvalue weighted by Gasteiger charge is -2.32. The highest BCUT2D eigenvalue weighted by Gasteiger charge is 2.35. The molecule has 1 saturated heterocycles. The van der Waals surface area contributed by atoms with Gasteiger partial charge in [-0.1, -0.05) is 18.2 Å². The Morgan fingerprint density at radius 2 is 1.79 bits per heavy atom. The van der Waals surface area contributed by atoms with Crippen molar-refractivity contribution in [2.24, 2.45) is 13.0 Å². The monoisotopic (exact) mass is 325 g/mol. The van der Waals surface area contributed by atoms with Gasteiger partial charge in [-0.3, -0.25) is 9.59 Å². The van der Waals surface area contributed by atoms with Crippen molar-refractivity contribution in [2.45, 2.75) is 31.7 Å². The third-order valence-electron chi connectivity index (χ3n) is 5.21. The topological polar surface area (TPSA) is 54.3 Å². The normalized spacial score (nSPS) is 18.8. The lowest BCUT2D eigenvalue weighted by Crippen LogP contribution is -2.47. The Kier molecular flexibility index (Phi) is 3.79. The molecule has 0 unspecified atom stereocenters. The van der Waals surface area contributed by atoms with Crippen LogP contribution in [0, 0.1) is 5.92 Å². The first kappa shape index (κ1) is 15.2. The highest BCUT2D eigenvalue weighted by atomic mass is 16.2. The second-order valence-electron chi connectivity index (χ2n) is 7.02. The van der Waals surface area contributed by atoms with Crippen LogP contribution in [-0.4, -0.2) is 40.4 Å². The number of hydrogen-bond acceptors (Lipinski definition) is 2. The Hall–Kier alpha value is -2.30. The summed E-state index contributed by atoms with van der Waals surface area (Å²) in [6.07, 6.45) is 5.68. The zero-order valence-electron chi connectivity index (χ0n) is 14.0. The van der Waals surface area contributed by atoms with Crippen LogP contribution >= 0.6 is 0 Å². The van der Waals surface area contributed by atoms with Crippen molar-refractivity contribution in [3.63, 3.8) is 0 Å². The number of aromatic nitrogens is 1. The summed E-state index contributed by atoms with van der Waals surface area (Å²) in [5.74, 6) is 0.583. The molecule has 2 amide bonds. The summed E-state index contributed by atoms with van der Waals surface area (Å²) in [4.78, 5) is 26.7. The van der Waals surface area contributed by atoms with E-state index in [1.807, 2.05) is 47.0 Å². The van der Waals surface area contributed by atoms with Gasteiger partial charge in [0.25, 0.3) is 5.91 Å². The van der Waals surface area contributed by atoms with Gasteiger partial charge >= 0.3 is 0 Å². The molecular formula is C19H23N3O2. The molecule has 1 aromatic carbocycles. The molecule has 1 saturated carbocycles. The van der Waals surface area contributed by atoms with Crippen LogP contribution in [0.1, 0.15) is 36.0 Å². The predicted octanol–water partition coefficient (Wildman–Crippen LogP) is 2.31. The Morgan fingerprint density at radius 1 is 1.08 bits per heavy atom. The van der Waals surface area contributed by atoms with Gasteiger partial charge in [-0.05, 0) is 31.7 Å². The molecule has 0 atom stereocenters. The summed E-state index contributed by atoms with van der Waals surface area (Å²) in [6.45, 7) is 1.52. The fourth-order valence-electron chi connectivity index (χ4n) is 3.62. The number of nitrogens with zero attached hydrogens (tertiary/aromatic N) is 2. The summed E-state index contributed by atoms with van der Waals surface area (Å²) in [5.41, 5.74) is 1.79. The fourth-order valence-corrected chi connectivity index (χ4v) is 3.62. The molecular weight excluding hydrogens is 302 g/mol. The van der Waals surface area contributed by atoms with E-state index in [4.69, 9.17) is 0 Å². The van der Waals surface area contributed by atoms with Gasteiger partial charge in [0.1, 0.15) is 0 Å². The lowest BCUT2D eigenvalue weighted by atomic mass is 10.0. The highest BCUT2D eigenvalue weighted by molar-refractivity contribution is 6.07. The van der Waals surface area contributed by atoms with E-state index in [2.05, 4.69) is 5.32 Å². The van der Waals surface area contributed by atoms with Crippen molar-refractivity contribution in [1.29, 1.82) is 0 Å². The molecule has 0 spiro atoms. The molecule has 5 heteroatoms. The first-order chi connectivity index (χ1) is 11.6. The van der Waals surface area contributed by atoms with Crippen LogP contribution in [0.4, 0.5) is 0 Å². The molecule has 5 nitrogen and oxygen atoms in total. The number of carbonyl (C=O) groups excluding carboxylic acids is 2. The van der Waals surface area contributed by atoms with Crippen LogP contribution in [0.15, 0.2) is 30.5 Å². The Labute approximate surface area is 141 Å². The number of benzene rings is 1. The van der Waals surface area contributed by atoms with Crippen molar-refractivity contribution in [2.75, 3.05) is 13.1 Å². The summed E-state index contributed by atoms with van der Waals surface area (Å²) in [5, 5.41) is 4.14. The van der Waals surface area contributed by atoms with Crippen LogP contribution < -0.4 is 5.32 Å². The molecule has 4 rings (SSSR count). The van der Waals surface area contributed by atoms with Gasteiger partial charge < -0.3 is 14.8 Å². The zero-order valence-corrected chi connectivity index (χ0v) is 14.0. The number of piperidine rings is 1. The maximum atomic E-state index is 12.7. The molecule has 2 fully saturated rings. The average molecular weight is 325 g/mol. The molecule has 0 bridgehead atoms. The number of hydrogen-bond donors (Lipinski definition) is 1. The van der Waals surface area contributed by atoms with Crippen LogP contribution in [0.25, 0.3) is 10.9 Å². The third-order valence-corrected chi connectivity index (χ3v) is 5.21. The molecule has 1 N–H and O–H groups in total. The Balaban J connectivity index is 1.40. The van der Waals surface area contributed by atoms with E-state index in [0.29, 0.717) is 5.91 Å². The summed E-state index contributed by atoms with van der Waals surface area (Å²) >= 11 is 0. The molecule has 126 valence electrons. The third kappa shape index (κ3) is 2.79. The highest BCUT2D eigenvalue weighted by Crippen LogP contribution is 2.32. The quantitative estimate of drug-likeness (QED) is 0.941. The van der Waals surface area contributed by atoms with Gasteiger partial charge in [0.15, 0.2) is 0 Å². The van der Waals surface area contributed by atoms with Crippen LogP contribution in [0.5, 0.6) is 0 Å². The van der Waals surface area contributed by atoms with E-state index in [1.165, 1.54) is 0 Å². The summed E-state index contributed by atoms with van der Waals surface area (Å²) in [7, 11) is 1.96. The second-order valence-corrected chi connectivity index (χ2v) is 7.02. The van der Waals surface area contributed by atoms with Gasteiger partial charge in [-0.15, -0.1) is 0 Å². The smallest absolute Gasteiger partial charge is 0.253 e. The number of amides is 2. The summed E-state index contributed by atoms with van der Waals surface area (Å²) in [6, 6.07) is 8.10. The molecule has 1 aromatic heterocycles. The molecule has 2 aromatic rings. The first-order valence-corrected chi connectivity index (χ1v) is 8.77. The first-order valence-electron chi connectivity index (χ1n) is 8.77. The molecule has 2 aliphatic rings. The number of fused-ring (bicyclic) bond motifs is 1. The maximum Gasteiger partial charge on any atom is 0.253 e. The minimum absolute atomic E-state index is 0.0150. The van der Waals surface area contributed by atoms with Crippen molar-refractivity contribution in [1.82, 2.24) is 14.8 Å². The SMILES string of the molecule is Cn1cc(C(=O)NC2CCN(C(=O)C3CC3)CC2)c2ccccc21. The van der Waals surface area contributed by atoms with Crippen molar-refractivity contribution in [3.8, 4) is 0 Å². The molecule has 24 heavy (non-hydrogen) atoms. The van der Waals surface area contributed by atoms with Gasteiger partial charge in [0.2, 0.25) is 5.91 Å². The van der Waals surface area contributed by atoms with E-state index in [1.54, 1.807) is 0 Å². The van der Waals surface area contributed by atoms with Crippen molar-refractivity contribution < 1.29 is 9.59 Å². The van der Waals surface area contributed by atoms with Crippen LogP contribution in [-0.2, 0) is 11.8 Å². The van der Waals surface area contributed by atoms with E-state index < -0.39 is 0 Å². The largest absolute Gasteiger partial charge is 0.350 e. The molecule has 0 radical (unpaired) electrons. The van der Waals surface area contributed by atoms with E-state index in [-0.39, 0.29) is 17.9 Å². The molecule has 2 heterocycles. The van der Waals surface area contributed by atoms with E-state index in [9.17, 15) is 9.59 Å². The van der Waals surface area contributed by atoms with Crippen molar-refractivity contribution >= 4 is 22.7 Å². The minimum atomic E-state index is -0.0150. The number of likely N-dealkylation sites (tertiary alicyclic amines) is 1. The minimum Gasteiger partial charge on any atom is -0.350 e. The Bertz CT molecular complexity index is 783. The van der Waals surface area contributed by atoms with Gasteiger partial charge in [-0.2, -0.15) is 0 Å². The number of rotatable bonds is 3. The van der Waals surface area contributed by atoms with Gasteiger partial charge in [0, 0.05) is 49.2 Å². The fraction of sp³-hybridized carbons (Fsp3) is 0.474. The molecule has 1 aliphatic heterocycles. The second kappa shape index (κ2) is 5.96. The Morgan fingerprint density at radius 3 is 2.50 bits per heavy atom. The molecule has 1 aliphatic carbocycles. The van der Waals surface area contributed by atoms with Crippen LogP contribution in [0.2, 0.25) is 0 Å². The zero-order chi connectivity index (χ0) is 16.7. The van der Waals surface area contributed by atoms with Crippen molar-refractivity contribution in [3.05, 3.63) is 36.0 Å². The standard InChI is InChI=1S/C19H23N3O2/c1-21-12-16(15-4-2-3-5-17(15)21)18(23)20-14-8-10-22(11-9-14)19(24)13-6-7-13/h2-5,12-14H,6-11H2,1H3,(H,20,23). The maximum absolute atomic E-state index is 12.7. The lowest BCUT2D eigenvalue weighted by molar-refractivity contribution is -0.133. The number of para-hydroxylation sites is 1. The van der Waals surface area contributed by atoms with E-state index in [0.717, 1.165) is 55.2 Å². The summed E-state index contributed by atoms with van der Waals surface area (Å²) < 4.78 is 1.99. The number of aryl methyl sites for hydroxylation is 1. The van der Waals surface area contributed by atoms with Gasteiger partial charge in [-0.25, -0.2) is 0 Å². The van der Waals surface area contributed by atoms with E-state index >= 15 is 0 Å². The van der Waals surface area contributed by atoms with Gasteiger partial charge in [0.05, 0.1) is 5.56 Å². The van der Waals surface area contributed by atoms with Crippen LogP contribution in [0.3, 0.4) is 0 Å². The average Bonchev–Trinajstić information content (AvgIpc) is 3.39. The number of nitrogens with one attached hydrogen (secondary N) is 1. The number of carbonyl (C=O) groups is 2.